The molecule has 3 rings (SSSR count). The first-order chi connectivity index (χ1) is 7.77. The van der Waals surface area contributed by atoms with Gasteiger partial charge in [-0.15, -0.1) is 0 Å². The van der Waals surface area contributed by atoms with Crippen molar-refractivity contribution in [3.63, 3.8) is 0 Å². The molecule has 1 aromatic heterocycles. The number of nitrogens with zero attached hydrogens (tertiary/aromatic N) is 1. The molecular formula is C13H17ClN2. The summed E-state index contributed by atoms with van der Waals surface area (Å²) in [7, 11) is 0. The number of hydrogen-bond donors (Lipinski definition) is 1. The fraction of sp³-hybridized carbons (Fsp3) is 0.615. The Labute approximate surface area is 101 Å². The van der Waals surface area contributed by atoms with Crippen molar-refractivity contribution in [3.05, 3.63) is 29.0 Å². The van der Waals surface area contributed by atoms with E-state index in [-0.39, 0.29) is 0 Å². The molecule has 3 heteroatoms. The van der Waals surface area contributed by atoms with Crippen molar-refractivity contribution >= 4 is 11.6 Å². The van der Waals surface area contributed by atoms with Gasteiger partial charge < -0.3 is 5.32 Å². The minimum absolute atomic E-state index is 0.588. The predicted octanol–water partition coefficient (Wildman–Crippen LogP) is 2.98. The van der Waals surface area contributed by atoms with E-state index in [0.717, 1.165) is 0 Å². The topological polar surface area (TPSA) is 24.9 Å². The minimum atomic E-state index is 0.588. The zero-order chi connectivity index (χ0) is 11.0. The zero-order valence-corrected chi connectivity index (χ0v) is 10.1. The summed E-state index contributed by atoms with van der Waals surface area (Å²) >= 11 is 5.82. The Kier molecular flexibility index (Phi) is 2.64. The normalized spacial score (nSPS) is 33.7. The maximum absolute atomic E-state index is 5.82. The molecule has 1 aliphatic heterocycles. The van der Waals surface area contributed by atoms with Crippen LogP contribution in [0.15, 0.2) is 18.3 Å². The molecule has 2 atom stereocenters. The van der Waals surface area contributed by atoms with Crippen LogP contribution in [-0.2, 0) is 0 Å². The number of aromatic nitrogens is 1. The van der Waals surface area contributed by atoms with Gasteiger partial charge in [0.05, 0.1) is 0 Å². The molecule has 0 aromatic carbocycles. The maximum atomic E-state index is 5.82. The third kappa shape index (κ3) is 1.85. The van der Waals surface area contributed by atoms with E-state index in [4.69, 9.17) is 11.6 Å². The smallest absolute Gasteiger partial charge is 0.129 e. The number of nitrogens with one attached hydrogen (secondary N) is 1. The molecule has 2 fully saturated rings. The third-order valence-corrected chi connectivity index (χ3v) is 4.48. The van der Waals surface area contributed by atoms with Gasteiger partial charge in [-0.3, -0.25) is 0 Å². The van der Waals surface area contributed by atoms with Crippen LogP contribution in [-0.4, -0.2) is 18.1 Å². The Morgan fingerprint density at radius 1 is 1.38 bits per heavy atom. The second kappa shape index (κ2) is 4.01. The maximum Gasteiger partial charge on any atom is 0.129 e. The van der Waals surface area contributed by atoms with Crippen molar-refractivity contribution in [1.82, 2.24) is 10.3 Å². The molecule has 0 amide bonds. The molecule has 2 heterocycles. The Hall–Kier alpha value is -0.600. The highest BCUT2D eigenvalue weighted by molar-refractivity contribution is 6.29. The van der Waals surface area contributed by atoms with Crippen molar-refractivity contribution in [2.45, 2.75) is 31.6 Å². The molecule has 1 N–H and O–H groups in total. The van der Waals surface area contributed by atoms with Crippen LogP contribution in [0.5, 0.6) is 0 Å². The van der Waals surface area contributed by atoms with Gasteiger partial charge in [0.25, 0.3) is 0 Å². The first-order valence-corrected chi connectivity index (χ1v) is 6.47. The second-order valence-corrected chi connectivity index (χ2v) is 5.67. The van der Waals surface area contributed by atoms with Gasteiger partial charge in [-0.25, -0.2) is 4.98 Å². The molecule has 2 aliphatic rings. The van der Waals surface area contributed by atoms with Crippen LogP contribution in [0.2, 0.25) is 5.15 Å². The van der Waals surface area contributed by atoms with Crippen LogP contribution in [0.4, 0.5) is 0 Å². The van der Waals surface area contributed by atoms with E-state index >= 15 is 0 Å². The van der Waals surface area contributed by atoms with Crippen molar-refractivity contribution in [2.75, 3.05) is 13.1 Å². The van der Waals surface area contributed by atoms with E-state index in [0.29, 0.717) is 16.5 Å². The molecular weight excluding hydrogens is 220 g/mol. The fourth-order valence-corrected chi connectivity index (χ4v) is 3.42. The molecule has 1 saturated heterocycles. The average Bonchev–Trinajstić information content (AvgIpc) is 2.91. The van der Waals surface area contributed by atoms with E-state index < -0.39 is 0 Å². The van der Waals surface area contributed by atoms with Crippen LogP contribution in [0.3, 0.4) is 0 Å². The minimum Gasteiger partial charge on any atom is -0.316 e. The molecule has 1 aromatic rings. The van der Waals surface area contributed by atoms with Gasteiger partial charge in [0.1, 0.15) is 5.15 Å². The SMILES string of the molecule is Clc1ccc(C2CCC3(CCNC3)C2)cn1. The summed E-state index contributed by atoms with van der Waals surface area (Å²) < 4.78 is 0. The predicted molar refractivity (Wildman–Crippen MR) is 65.8 cm³/mol. The molecule has 1 saturated carbocycles. The quantitative estimate of drug-likeness (QED) is 0.759. The van der Waals surface area contributed by atoms with Gasteiger partial charge >= 0.3 is 0 Å². The van der Waals surface area contributed by atoms with Crippen LogP contribution in [0, 0.1) is 5.41 Å². The standard InChI is InChI=1S/C13H17ClN2/c14-12-2-1-11(8-16-12)10-3-4-13(7-10)5-6-15-9-13/h1-2,8,10,15H,3-7,9H2. The van der Waals surface area contributed by atoms with Crippen molar-refractivity contribution in [2.24, 2.45) is 5.41 Å². The summed E-state index contributed by atoms with van der Waals surface area (Å²) in [6.07, 6.45) is 7.31. The summed E-state index contributed by atoms with van der Waals surface area (Å²) in [6.45, 7) is 2.41. The Bertz CT molecular complexity index is 368. The second-order valence-electron chi connectivity index (χ2n) is 5.28. The highest BCUT2D eigenvalue weighted by atomic mass is 35.5. The van der Waals surface area contributed by atoms with Gasteiger partial charge in [-0.05, 0) is 55.2 Å². The fourth-order valence-electron chi connectivity index (χ4n) is 3.30. The summed E-state index contributed by atoms with van der Waals surface area (Å²) in [5.41, 5.74) is 1.96. The Morgan fingerprint density at radius 2 is 2.31 bits per heavy atom. The number of hydrogen-bond acceptors (Lipinski definition) is 2. The monoisotopic (exact) mass is 236 g/mol. The summed E-state index contributed by atoms with van der Waals surface area (Å²) in [5.74, 6) is 0.699. The summed E-state index contributed by atoms with van der Waals surface area (Å²) in [4.78, 5) is 4.19. The third-order valence-electron chi connectivity index (χ3n) is 4.26. The lowest BCUT2D eigenvalue weighted by molar-refractivity contribution is 0.331. The molecule has 86 valence electrons. The molecule has 0 bridgehead atoms. The van der Waals surface area contributed by atoms with Crippen molar-refractivity contribution < 1.29 is 0 Å². The number of pyridine rings is 1. The van der Waals surface area contributed by atoms with Crippen LogP contribution in [0.1, 0.15) is 37.2 Å². The highest BCUT2D eigenvalue weighted by Crippen LogP contribution is 2.49. The van der Waals surface area contributed by atoms with E-state index in [1.165, 1.54) is 44.3 Å². The lowest BCUT2D eigenvalue weighted by Crippen LogP contribution is -2.20. The van der Waals surface area contributed by atoms with Crippen LogP contribution >= 0.6 is 11.6 Å². The molecule has 1 spiro atoms. The first-order valence-electron chi connectivity index (χ1n) is 6.10. The molecule has 2 nitrogen and oxygen atoms in total. The molecule has 0 radical (unpaired) electrons. The number of halogens is 1. The lowest BCUT2D eigenvalue weighted by Gasteiger charge is -2.21. The zero-order valence-electron chi connectivity index (χ0n) is 9.38. The van der Waals surface area contributed by atoms with Crippen molar-refractivity contribution in [1.29, 1.82) is 0 Å². The van der Waals surface area contributed by atoms with Gasteiger partial charge in [-0.1, -0.05) is 17.7 Å². The lowest BCUT2D eigenvalue weighted by atomic mass is 9.84. The number of rotatable bonds is 1. The summed E-state index contributed by atoms with van der Waals surface area (Å²) in [6, 6.07) is 4.05. The molecule has 1 aliphatic carbocycles. The van der Waals surface area contributed by atoms with Gasteiger partial charge in [0.15, 0.2) is 0 Å². The van der Waals surface area contributed by atoms with E-state index in [9.17, 15) is 0 Å². The first kappa shape index (κ1) is 10.5. The van der Waals surface area contributed by atoms with E-state index in [1.54, 1.807) is 0 Å². The largest absolute Gasteiger partial charge is 0.316 e. The van der Waals surface area contributed by atoms with Crippen LogP contribution in [0.25, 0.3) is 0 Å². The Morgan fingerprint density at radius 3 is 3.00 bits per heavy atom. The van der Waals surface area contributed by atoms with E-state index in [1.807, 2.05) is 12.3 Å². The van der Waals surface area contributed by atoms with Gasteiger partial charge in [0, 0.05) is 12.7 Å². The molecule has 2 unspecified atom stereocenters. The Balaban J connectivity index is 1.75. The highest BCUT2D eigenvalue weighted by Gasteiger charge is 2.41. The molecule has 16 heavy (non-hydrogen) atoms. The van der Waals surface area contributed by atoms with Gasteiger partial charge in [0.2, 0.25) is 0 Å². The van der Waals surface area contributed by atoms with Crippen LogP contribution < -0.4 is 5.32 Å². The van der Waals surface area contributed by atoms with E-state index in [2.05, 4.69) is 16.4 Å². The van der Waals surface area contributed by atoms with Gasteiger partial charge in [-0.2, -0.15) is 0 Å². The average molecular weight is 237 g/mol. The summed E-state index contributed by atoms with van der Waals surface area (Å²) in [5, 5.41) is 4.10. The van der Waals surface area contributed by atoms with Crippen molar-refractivity contribution in [3.8, 4) is 0 Å².